The lowest BCUT2D eigenvalue weighted by molar-refractivity contribution is -0.123. The molecule has 0 aliphatic carbocycles. The highest BCUT2D eigenvalue weighted by Crippen LogP contribution is 2.15. The van der Waals surface area contributed by atoms with E-state index in [-0.39, 0.29) is 11.9 Å². The van der Waals surface area contributed by atoms with E-state index in [4.69, 9.17) is 11.5 Å². The molecule has 0 saturated heterocycles. The average Bonchev–Trinajstić information content (AvgIpc) is 2.73. The van der Waals surface area contributed by atoms with Crippen LogP contribution in [0.3, 0.4) is 0 Å². The summed E-state index contributed by atoms with van der Waals surface area (Å²) in [5, 5.41) is 0. The van der Waals surface area contributed by atoms with E-state index in [1.807, 2.05) is 0 Å². The molecule has 1 atom stereocenters. The minimum atomic E-state index is -0.147. The van der Waals surface area contributed by atoms with Gasteiger partial charge in [0.25, 0.3) is 0 Å². The fourth-order valence-electron chi connectivity index (χ4n) is 4.31. The zero-order chi connectivity index (χ0) is 22.3. The Hall–Kier alpha value is -0.610. The van der Waals surface area contributed by atoms with E-state index in [0.29, 0.717) is 6.54 Å². The Bertz CT molecular complexity index is 342. The lowest BCUT2D eigenvalue weighted by Crippen LogP contribution is -2.45. The summed E-state index contributed by atoms with van der Waals surface area (Å²) in [7, 11) is 0. The predicted octanol–water partition coefficient (Wildman–Crippen LogP) is 6.55. The van der Waals surface area contributed by atoms with Gasteiger partial charge in [0, 0.05) is 0 Å². The topological polar surface area (TPSA) is 72.3 Å². The van der Waals surface area contributed by atoms with Crippen molar-refractivity contribution in [3.8, 4) is 0 Å². The summed E-state index contributed by atoms with van der Waals surface area (Å²) in [5.74, 6) is -0.147. The molecule has 0 aliphatic heterocycles. The summed E-state index contributed by atoms with van der Waals surface area (Å²) in [5.41, 5.74) is 11.5. The summed E-state index contributed by atoms with van der Waals surface area (Å²) in [6.45, 7) is 7.26. The van der Waals surface area contributed by atoms with Crippen molar-refractivity contribution in [1.82, 2.24) is 4.90 Å². The first-order chi connectivity index (χ1) is 14.7. The van der Waals surface area contributed by atoms with Crippen molar-refractivity contribution in [3.05, 3.63) is 0 Å². The second kappa shape index (κ2) is 23.1. The van der Waals surface area contributed by atoms with Crippen LogP contribution >= 0.6 is 0 Å². The Morgan fingerprint density at radius 3 is 1.40 bits per heavy atom. The van der Waals surface area contributed by atoms with Crippen LogP contribution in [0.15, 0.2) is 0 Å². The molecule has 0 aromatic heterocycles. The highest BCUT2D eigenvalue weighted by molar-refractivity contribution is 5.79. The molecule has 30 heavy (non-hydrogen) atoms. The van der Waals surface area contributed by atoms with Gasteiger partial charge in [0.15, 0.2) is 0 Å². The van der Waals surface area contributed by atoms with E-state index in [9.17, 15) is 4.79 Å². The third kappa shape index (κ3) is 18.2. The SMILES string of the molecule is CCCCCCCCCCN(CCCCCCCCCC)[C@@H](CCCCN)C(N)=O. The molecule has 0 unspecified atom stereocenters. The first-order valence-electron chi connectivity index (χ1n) is 13.4. The lowest BCUT2D eigenvalue weighted by Gasteiger charge is -2.30. The zero-order valence-corrected chi connectivity index (χ0v) is 20.6. The molecule has 4 N–H and O–H groups in total. The lowest BCUT2D eigenvalue weighted by atomic mass is 10.0. The molecule has 0 aliphatic rings. The van der Waals surface area contributed by atoms with Crippen LogP contribution in [0.1, 0.15) is 136 Å². The molecule has 1 amide bonds. The van der Waals surface area contributed by atoms with Gasteiger partial charge in [-0.15, -0.1) is 0 Å². The number of hydrogen-bond acceptors (Lipinski definition) is 3. The molecule has 0 saturated carbocycles. The normalized spacial score (nSPS) is 12.5. The van der Waals surface area contributed by atoms with Crippen LogP contribution in [-0.4, -0.2) is 36.5 Å². The maximum atomic E-state index is 12.2. The number of carbonyl (C=O) groups excluding carboxylic acids is 1. The Morgan fingerprint density at radius 1 is 0.633 bits per heavy atom. The van der Waals surface area contributed by atoms with Crippen LogP contribution in [0.4, 0.5) is 0 Å². The van der Waals surface area contributed by atoms with Gasteiger partial charge in [-0.25, -0.2) is 0 Å². The van der Waals surface area contributed by atoms with Gasteiger partial charge >= 0.3 is 0 Å². The second-order valence-corrected chi connectivity index (χ2v) is 9.19. The van der Waals surface area contributed by atoms with Crippen LogP contribution in [0, 0.1) is 0 Å². The summed E-state index contributed by atoms with van der Waals surface area (Å²) in [4.78, 5) is 14.6. The molecule has 0 spiro atoms. The van der Waals surface area contributed by atoms with Crippen molar-refractivity contribution in [1.29, 1.82) is 0 Å². The van der Waals surface area contributed by atoms with Gasteiger partial charge in [0.2, 0.25) is 5.91 Å². The van der Waals surface area contributed by atoms with Gasteiger partial charge in [-0.1, -0.05) is 110 Å². The van der Waals surface area contributed by atoms with E-state index < -0.39 is 0 Å². The standard InChI is InChI=1S/C26H55N3O/c1-3-5-7-9-11-13-15-19-23-29(25(26(28)30)21-17-18-22-27)24-20-16-14-12-10-8-6-4-2/h25H,3-24,27H2,1-2H3,(H2,28,30)/t25-/m0/s1. The molecule has 0 aromatic carbocycles. The van der Waals surface area contributed by atoms with Crippen LogP contribution in [0.2, 0.25) is 0 Å². The van der Waals surface area contributed by atoms with Crippen LogP contribution < -0.4 is 11.5 Å². The number of hydrogen-bond donors (Lipinski definition) is 2. The molecule has 0 radical (unpaired) electrons. The molecule has 4 heteroatoms. The molecule has 0 bridgehead atoms. The maximum absolute atomic E-state index is 12.2. The first kappa shape index (κ1) is 29.4. The third-order valence-electron chi connectivity index (χ3n) is 6.30. The molecule has 180 valence electrons. The maximum Gasteiger partial charge on any atom is 0.234 e. The van der Waals surface area contributed by atoms with E-state index in [1.54, 1.807) is 0 Å². The molecule has 0 fully saturated rings. The predicted molar refractivity (Wildman–Crippen MR) is 133 cm³/mol. The highest BCUT2D eigenvalue weighted by Gasteiger charge is 2.22. The minimum absolute atomic E-state index is 0.106. The van der Waals surface area contributed by atoms with E-state index in [0.717, 1.165) is 32.4 Å². The number of amides is 1. The Balaban J connectivity index is 4.27. The monoisotopic (exact) mass is 425 g/mol. The summed E-state index contributed by atoms with van der Waals surface area (Å²) < 4.78 is 0. The van der Waals surface area contributed by atoms with Crippen LogP contribution in [0.5, 0.6) is 0 Å². The Morgan fingerprint density at radius 2 is 1.03 bits per heavy atom. The largest absolute Gasteiger partial charge is 0.368 e. The van der Waals surface area contributed by atoms with Gasteiger partial charge in [-0.05, 0) is 45.3 Å². The van der Waals surface area contributed by atoms with Crippen LogP contribution in [0.25, 0.3) is 0 Å². The van der Waals surface area contributed by atoms with E-state index in [2.05, 4.69) is 18.7 Å². The number of primary amides is 1. The quantitative estimate of drug-likeness (QED) is 0.172. The minimum Gasteiger partial charge on any atom is -0.368 e. The number of nitrogens with zero attached hydrogens (tertiary/aromatic N) is 1. The van der Waals surface area contributed by atoms with Gasteiger partial charge < -0.3 is 11.5 Å². The number of unbranched alkanes of at least 4 members (excludes halogenated alkanes) is 15. The number of carbonyl (C=O) groups is 1. The molecule has 0 rings (SSSR count). The van der Waals surface area contributed by atoms with Crippen molar-refractivity contribution < 1.29 is 4.79 Å². The smallest absolute Gasteiger partial charge is 0.234 e. The van der Waals surface area contributed by atoms with E-state index in [1.165, 1.54) is 103 Å². The second-order valence-electron chi connectivity index (χ2n) is 9.19. The molecular formula is C26H55N3O. The van der Waals surface area contributed by atoms with Crippen molar-refractivity contribution in [2.24, 2.45) is 11.5 Å². The summed E-state index contributed by atoms with van der Waals surface area (Å²) in [6, 6.07) is -0.106. The summed E-state index contributed by atoms with van der Waals surface area (Å²) >= 11 is 0. The van der Waals surface area contributed by atoms with Gasteiger partial charge in [0.05, 0.1) is 6.04 Å². The van der Waals surface area contributed by atoms with Crippen molar-refractivity contribution in [2.75, 3.05) is 19.6 Å². The summed E-state index contributed by atoms with van der Waals surface area (Å²) in [6.07, 6.45) is 24.0. The third-order valence-corrected chi connectivity index (χ3v) is 6.30. The Kier molecular flexibility index (Phi) is 22.6. The van der Waals surface area contributed by atoms with Crippen molar-refractivity contribution in [3.63, 3.8) is 0 Å². The fraction of sp³-hybridized carbons (Fsp3) is 0.962. The van der Waals surface area contributed by atoms with Gasteiger partial charge in [0.1, 0.15) is 0 Å². The zero-order valence-electron chi connectivity index (χ0n) is 20.6. The first-order valence-corrected chi connectivity index (χ1v) is 13.4. The number of rotatable bonds is 24. The number of nitrogens with two attached hydrogens (primary N) is 2. The molecular weight excluding hydrogens is 370 g/mol. The van der Waals surface area contributed by atoms with Gasteiger partial charge in [-0.3, -0.25) is 9.69 Å². The average molecular weight is 426 g/mol. The molecule has 4 nitrogen and oxygen atoms in total. The van der Waals surface area contributed by atoms with Crippen molar-refractivity contribution in [2.45, 2.75) is 142 Å². The highest BCUT2D eigenvalue weighted by atomic mass is 16.1. The Labute approximate surface area is 188 Å². The molecule has 0 aromatic rings. The van der Waals surface area contributed by atoms with Crippen LogP contribution in [-0.2, 0) is 4.79 Å². The van der Waals surface area contributed by atoms with E-state index >= 15 is 0 Å². The van der Waals surface area contributed by atoms with Crippen molar-refractivity contribution >= 4 is 5.91 Å². The van der Waals surface area contributed by atoms with Gasteiger partial charge in [-0.2, -0.15) is 0 Å². The molecule has 0 heterocycles. The fourth-order valence-corrected chi connectivity index (χ4v) is 4.31.